The first-order valence-corrected chi connectivity index (χ1v) is 8.33. The van der Waals surface area contributed by atoms with Crippen molar-refractivity contribution in [3.63, 3.8) is 0 Å². The molecule has 0 saturated heterocycles. The van der Waals surface area contributed by atoms with E-state index in [0.717, 1.165) is 0 Å². The number of hydrogen-bond donors (Lipinski definition) is 1. The molecule has 0 aliphatic rings. The Morgan fingerprint density at radius 2 is 2.10 bits per heavy atom. The predicted octanol–water partition coefficient (Wildman–Crippen LogP) is 3.08. The zero-order chi connectivity index (χ0) is 14.9. The third kappa shape index (κ3) is 3.31. The molecule has 0 aliphatic heterocycles. The first-order valence-electron chi connectivity index (χ1n) is 5.67. The van der Waals surface area contributed by atoms with Gasteiger partial charge < -0.3 is 0 Å². The molecule has 0 spiro atoms. The van der Waals surface area contributed by atoms with Gasteiger partial charge in [0.15, 0.2) is 0 Å². The van der Waals surface area contributed by atoms with Gasteiger partial charge in [0.1, 0.15) is 10.0 Å². The standard InChI is InChI=1S/C11H12BrClN4O2S/c1-7(2)17-6-9(5-15-17)16-20(18,19)10-3-8(12)4-14-11(10)13/h3-7,16H,1-2H3. The van der Waals surface area contributed by atoms with Crippen LogP contribution in [0.5, 0.6) is 0 Å². The van der Waals surface area contributed by atoms with Crippen LogP contribution < -0.4 is 4.72 Å². The molecule has 2 rings (SSSR count). The molecular weight excluding hydrogens is 368 g/mol. The summed E-state index contributed by atoms with van der Waals surface area (Å²) in [4.78, 5) is 3.71. The van der Waals surface area contributed by atoms with Gasteiger partial charge in [0.25, 0.3) is 10.0 Å². The van der Waals surface area contributed by atoms with Crippen LogP contribution in [0.25, 0.3) is 0 Å². The van der Waals surface area contributed by atoms with E-state index >= 15 is 0 Å². The summed E-state index contributed by atoms with van der Waals surface area (Å²) >= 11 is 9.00. The molecule has 0 unspecified atom stereocenters. The maximum atomic E-state index is 12.3. The van der Waals surface area contributed by atoms with Crippen LogP contribution in [-0.4, -0.2) is 23.2 Å². The highest BCUT2D eigenvalue weighted by Gasteiger charge is 2.20. The number of aromatic nitrogens is 3. The van der Waals surface area contributed by atoms with Crippen molar-refractivity contribution in [3.05, 3.63) is 34.3 Å². The van der Waals surface area contributed by atoms with E-state index in [4.69, 9.17) is 11.6 Å². The maximum absolute atomic E-state index is 12.3. The molecule has 2 aromatic heterocycles. The number of sulfonamides is 1. The predicted molar refractivity (Wildman–Crippen MR) is 80.4 cm³/mol. The van der Waals surface area contributed by atoms with Crippen LogP contribution in [0, 0.1) is 0 Å². The Labute approximate surface area is 130 Å². The van der Waals surface area contributed by atoms with E-state index in [1.807, 2.05) is 13.8 Å². The minimum atomic E-state index is -3.81. The Hall–Kier alpha value is -1.12. The molecule has 9 heteroatoms. The lowest BCUT2D eigenvalue weighted by molar-refractivity contribution is 0.532. The summed E-state index contributed by atoms with van der Waals surface area (Å²) in [6.45, 7) is 3.89. The van der Waals surface area contributed by atoms with Gasteiger partial charge in [-0.25, -0.2) is 13.4 Å². The van der Waals surface area contributed by atoms with Crippen LogP contribution in [-0.2, 0) is 10.0 Å². The lowest BCUT2D eigenvalue weighted by Crippen LogP contribution is -2.13. The Morgan fingerprint density at radius 3 is 2.70 bits per heavy atom. The van der Waals surface area contributed by atoms with Crippen molar-refractivity contribution in [3.8, 4) is 0 Å². The smallest absolute Gasteiger partial charge is 0.265 e. The molecule has 0 saturated carbocycles. The molecule has 0 bridgehead atoms. The van der Waals surface area contributed by atoms with Crippen molar-refractivity contribution in [2.24, 2.45) is 0 Å². The molecule has 0 aromatic carbocycles. The normalized spacial score (nSPS) is 11.8. The fraction of sp³-hybridized carbons (Fsp3) is 0.273. The molecule has 2 heterocycles. The largest absolute Gasteiger partial charge is 0.276 e. The number of rotatable bonds is 4. The van der Waals surface area contributed by atoms with Gasteiger partial charge in [0.05, 0.1) is 11.9 Å². The Kier molecular flexibility index (Phi) is 4.36. The molecule has 0 fully saturated rings. The van der Waals surface area contributed by atoms with Gasteiger partial charge in [-0.05, 0) is 35.8 Å². The van der Waals surface area contributed by atoms with Gasteiger partial charge >= 0.3 is 0 Å². The minimum absolute atomic E-state index is 0.0862. The highest BCUT2D eigenvalue weighted by atomic mass is 79.9. The van der Waals surface area contributed by atoms with E-state index in [-0.39, 0.29) is 16.1 Å². The maximum Gasteiger partial charge on any atom is 0.265 e. The van der Waals surface area contributed by atoms with Crippen LogP contribution in [0.1, 0.15) is 19.9 Å². The monoisotopic (exact) mass is 378 g/mol. The van der Waals surface area contributed by atoms with Crippen LogP contribution in [0.4, 0.5) is 5.69 Å². The molecule has 2 aromatic rings. The summed E-state index contributed by atoms with van der Waals surface area (Å²) in [6.07, 6.45) is 4.48. The van der Waals surface area contributed by atoms with Gasteiger partial charge in [0, 0.05) is 22.9 Å². The zero-order valence-electron chi connectivity index (χ0n) is 10.7. The third-order valence-corrected chi connectivity index (χ3v) is 4.69. The van der Waals surface area contributed by atoms with Crippen LogP contribution in [0.15, 0.2) is 34.0 Å². The lowest BCUT2D eigenvalue weighted by Gasteiger charge is -2.07. The van der Waals surface area contributed by atoms with Crippen LogP contribution >= 0.6 is 27.5 Å². The Bertz CT molecular complexity index is 730. The van der Waals surface area contributed by atoms with Crippen molar-refractivity contribution in [1.29, 1.82) is 0 Å². The number of nitrogens with one attached hydrogen (secondary N) is 1. The van der Waals surface area contributed by atoms with Crippen molar-refractivity contribution >= 4 is 43.2 Å². The molecule has 108 valence electrons. The van der Waals surface area contributed by atoms with E-state index in [9.17, 15) is 8.42 Å². The minimum Gasteiger partial charge on any atom is -0.276 e. The van der Waals surface area contributed by atoms with Gasteiger partial charge in [-0.2, -0.15) is 5.10 Å². The molecule has 0 atom stereocenters. The van der Waals surface area contributed by atoms with Crippen molar-refractivity contribution in [1.82, 2.24) is 14.8 Å². The van der Waals surface area contributed by atoms with E-state index < -0.39 is 10.0 Å². The van der Waals surface area contributed by atoms with E-state index in [0.29, 0.717) is 10.2 Å². The molecule has 0 aliphatic carbocycles. The highest BCUT2D eigenvalue weighted by molar-refractivity contribution is 9.10. The van der Waals surface area contributed by atoms with E-state index in [1.165, 1.54) is 18.5 Å². The summed E-state index contributed by atoms with van der Waals surface area (Å²) in [7, 11) is -3.81. The van der Waals surface area contributed by atoms with Crippen molar-refractivity contribution in [2.75, 3.05) is 4.72 Å². The summed E-state index contributed by atoms with van der Waals surface area (Å²) in [5.41, 5.74) is 0.370. The topological polar surface area (TPSA) is 76.9 Å². The second-order valence-corrected chi connectivity index (χ2v) is 7.28. The molecule has 0 amide bonds. The average molecular weight is 380 g/mol. The van der Waals surface area contributed by atoms with Gasteiger partial charge in [-0.1, -0.05) is 11.6 Å². The number of hydrogen-bond acceptors (Lipinski definition) is 4. The van der Waals surface area contributed by atoms with E-state index in [2.05, 4.69) is 30.7 Å². The highest BCUT2D eigenvalue weighted by Crippen LogP contribution is 2.25. The zero-order valence-corrected chi connectivity index (χ0v) is 13.9. The first-order chi connectivity index (χ1) is 9.29. The molecule has 6 nitrogen and oxygen atoms in total. The first kappa shape index (κ1) is 15.3. The summed E-state index contributed by atoms with van der Waals surface area (Å²) < 4.78 is 29.1. The summed E-state index contributed by atoms with van der Waals surface area (Å²) in [6, 6.07) is 1.54. The third-order valence-electron chi connectivity index (χ3n) is 2.45. The second kappa shape index (κ2) is 5.71. The Balaban J connectivity index is 2.33. The number of nitrogens with zero attached hydrogens (tertiary/aromatic N) is 3. The lowest BCUT2D eigenvalue weighted by atomic mass is 10.4. The van der Waals surface area contributed by atoms with Crippen LogP contribution in [0.2, 0.25) is 5.15 Å². The number of pyridine rings is 1. The van der Waals surface area contributed by atoms with Crippen molar-refractivity contribution in [2.45, 2.75) is 24.8 Å². The SMILES string of the molecule is CC(C)n1cc(NS(=O)(=O)c2cc(Br)cnc2Cl)cn1. The number of anilines is 1. The van der Waals surface area contributed by atoms with Crippen molar-refractivity contribution < 1.29 is 8.42 Å². The van der Waals surface area contributed by atoms with Gasteiger partial charge in [0.2, 0.25) is 0 Å². The van der Waals surface area contributed by atoms with Gasteiger partial charge in [-0.3, -0.25) is 9.40 Å². The molecule has 20 heavy (non-hydrogen) atoms. The van der Waals surface area contributed by atoms with E-state index in [1.54, 1.807) is 10.9 Å². The fourth-order valence-corrected chi connectivity index (χ4v) is 3.45. The molecule has 1 N–H and O–H groups in total. The quantitative estimate of drug-likeness (QED) is 0.828. The molecular formula is C11H12BrClN4O2S. The number of halogens is 2. The summed E-state index contributed by atoms with van der Waals surface area (Å²) in [5, 5.41) is 3.98. The van der Waals surface area contributed by atoms with Gasteiger partial charge in [-0.15, -0.1) is 0 Å². The molecule has 0 radical (unpaired) electrons. The average Bonchev–Trinajstić information content (AvgIpc) is 2.80. The fourth-order valence-electron chi connectivity index (χ4n) is 1.48. The Morgan fingerprint density at radius 1 is 1.40 bits per heavy atom. The summed E-state index contributed by atoms with van der Waals surface area (Å²) in [5.74, 6) is 0. The van der Waals surface area contributed by atoms with Crippen LogP contribution in [0.3, 0.4) is 0 Å². The second-order valence-electron chi connectivity index (χ2n) is 4.35.